The van der Waals surface area contributed by atoms with Gasteiger partial charge in [0, 0.05) is 38.9 Å². The molecule has 3 rings (SSSR count). The molecule has 5 nitrogen and oxygen atoms in total. The molecule has 25 heavy (non-hydrogen) atoms. The Morgan fingerprint density at radius 3 is 2.60 bits per heavy atom. The molecular weight excluding hydrogens is 319 g/mol. The van der Waals surface area contributed by atoms with Crippen molar-refractivity contribution in [2.45, 2.75) is 26.8 Å². The molecular formula is C19H23FN4O. The van der Waals surface area contributed by atoms with Crippen LogP contribution in [0.4, 0.5) is 10.3 Å². The summed E-state index contributed by atoms with van der Waals surface area (Å²) in [6, 6.07) is 6.69. The molecule has 1 aromatic carbocycles. The highest BCUT2D eigenvalue weighted by atomic mass is 19.1. The molecule has 1 aromatic heterocycles. The van der Waals surface area contributed by atoms with Gasteiger partial charge in [0.05, 0.1) is 11.3 Å². The van der Waals surface area contributed by atoms with Crippen LogP contribution in [-0.4, -0.2) is 46.8 Å². The summed E-state index contributed by atoms with van der Waals surface area (Å²) in [4.78, 5) is 24.9. The molecule has 0 atom stereocenters. The van der Waals surface area contributed by atoms with Crippen LogP contribution in [0.3, 0.4) is 0 Å². The van der Waals surface area contributed by atoms with E-state index >= 15 is 0 Å². The number of carbonyl (C=O) groups is 1. The third-order valence-corrected chi connectivity index (χ3v) is 4.54. The van der Waals surface area contributed by atoms with Gasteiger partial charge in [0.15, 0.2) is 5.78 Å². The third-order valence-electron chi connectivity index (χ3n) is 4.54. The van der Waals surface area contributed by atoms with Crippen LogP contribution < -0.4 is 4.90 Å². The Balaban J connectivity index is 1.64. The quantitative estimate of drug-likeness (QED) is 0.800. The molecule has 0 N–H and O–H groups in total. The van der Waals surface area contributed by atoms with Gasteiger partial charge in [-0.05, 0) is 38.0 Å². The molecule has 1 saturated heterocycles. The number of aromatic nitrogens is 2. The number of rotatable bonds is 4. The lowest BCUT2D eigenvalue weighted by Gasteiger charge is -2.22. The average Bonchev–Trinajstić information content (AvgIpc) is 2.82. The molecule has 0 unspecified atom stereocenters. The standard InChI is InChI=1S/C19H23FN4O/c1-14-18(15(2)25)12-21-19(22-14)24-9-3-8-23(10-11-24)13-16-4-6-17(20)7-5-16/h4-7,12H,3,8-11,13H2,1-2H3. The first-order valence-corrected chi connectivity index (χ1v) is 8.59. The van der Waals surface area contributed by atoms with Crippen molar-refractivity contribution in [1.29, 1.82) is 0 Å². The molecule has 6 heteroatoms. The maximum Gasteiger partial charge on any atom is 0.225 e. The second-order valence-corrected chi connectivity index (χ2v) is 6.47. The van der Waals surface area contributed by atoms with Gasteiger partial charge in [0.25, 0.3) is 0 Å². The van der Waals surface area contributed by atoms with Crippen molar-refractivity contribution in [1.82, 2.24) is 14.9 Å². The van der Waals surface area contributed by atoms with E-state index in [2.05, 4.69) is 19.8 Å². The van der Waals surface area contributed by atoms with E-state index in [4.69, 9.17) is 0 Å². The van der Waals surface area contributed by atoms with Crippen LogP contribution in [0.15, 0.2) is 30.5 Å². The van der Waals surface area contributed by atoms with Gasteiger partial charge in [-0.25, -0.2) is 14.4 Å². The molecule has 1 aliphatic heterocycles. The van der Waals surface area contributed by atoms with Gasteiger partial charge in [0.2, 0.25) is 5.95 Å². The predicted molar refractivity (Wildman–Crippen MR) is 95.3 cm³/mol. The number of benzene rings is 1. The third kappa shape index (κ3) is 4.39. The summed E-state index contributed by atoms with van der Waals surface area (Å²) in [6.07, 6.45) is 2.64. The van der Waals surface area contributed by atoms with Gasteiger partial charge in [-0.3, -0.25) is 9.69 Å². The first kappa shape index (κ1) is 17.5. The smallest absolute Gasteiger partial charge is 0.225 e. The Kier molecular flexibility index (Phi) is 5.38. The number of aryl methyl sites for hydroxylation is 1. The largest absolute Gasteiger partial charge is 0.339 e. The number of hydrogen-bond donors (Lipinski definition) is 0. The highest BCUT2D eigenvalue weighted by Crippen LogP contribution is 2.16. The highest BCUT2D eigenvalue weighted by Gasteiger charge is 2.18. The molecule has 1 fully saturated rings. The molecule has 1 aliphatic rings. The number of anilines is 1. The number of halogens is 1. The summed E-state index contributed by atoms with van der Waals surface area (Å²) in [5.41, 5.74) is 2.43. The molecule has 0 radical (unpaired) electrons. The summed E-state index contributed by atoms with van der Waals surface area (Å²) >= 11 is 0. The lowest BCUT2D eigenvalue weighted by molar-refractivity contribution is 0.101. The fourth-order valence-corrected chi connectivity index (χ4v) is 3.13. The number of nitrogens with zero attached hydrogens (tertiary/aromatic N) is 4. The maximum absolute atomic E-state index is 13.0. The zero-order valence-electron chi connectivity index (χ0n) is 14.7. The Morgan fingerprint density at radius 2 is 1.92 bits per heavy atom. The van der Waals surface area contributed by atoms with E-state index in [0.717, 1.165) is 50.4 Å². The van der Waals surface area contributed by atoms with Crippen molar-refractivity contribution in [2.75, 3.05) is 31.1 Å². The fourth-order valence-electron chi connectivity index (χ4n) is 3.13. The lowest BCUT2D eigenvalue weighted by atomic mass is 10.2. The number of Topliss-reactive ketones (excluding diaryl/α,β-unsaturated/α-hetero) is 1. The van der Waals surface area contributed by atoms with Gasteiger partial charge < -0.3 is 4.90 Å². The Morgan fingerprint density at radius 1 is 1.16 bits per heavy atom. The van der Waals surface area contributed by atoms with E-state index < -0.39 is 0 Å². The number of carbonyl (C=O) groups excluding carboxylic acids is 1. The Bertz CT molecular complexity index is 748. The van der Waals surface area contributed by atoms with E-state index in [0.29, 0.717) is 11.5 Å². The second kappa shape index (κ2) is 7.70. The SMILES string of the molecule is CC(=O)c1cnc(N2CCCN(Cc3ccc(F)cc3)CC2)nc1C. The summed E-state index contributed by atoms with van der Waals surface area (Å²) in [5, 5.41) is 0. The molecule has 0 bridgehead atoms. The zero-order chi connectivity index (χ0) is 17.8. The van der Waals surface area contributed by atoms with Gasteiger partial charge in [-0.1, -0.05) is 12.1 Å². The molecule has 2 aromatic rings. The molecule has 0 aliphatic carbocycles. The minimum Gasteiger partial charge on any atom is -0.339 e. The van der Waals surface area contributed by atoms with E-state index in [9.17, 15) is 9.18 Å². The van der Waals surface area contributed by atoms with Gasteiger partial charge in [-0.2, -0.15) is 0 Å². The van der Waals surface area contributed by atoms with Crippen LogP contribution in [0.2, 0.25) is 0 Å². The van der Waals surface area contributed by atoms with Crippen LogP contribution in [0.1, 0.15) is 35.0 Å². The summed E-state index contributed by atoms with van der Waals surface area (Å²) in [7, 11) is 0. The molecule has 0 amide bonds. The number of hydrogen-bond acceptors (Lipinski definition) is 5. The Hall–Kier alpha value is -2.34. The van der Waals surface area contributed by atoms with Crippen molar-refractivity contribution in [2.24, 2.45) is 0 Å². The number of ketones is 1. The van der Waals surface area contributed by atoms with Gasteiger partial charge in [0.1, 0.15) is 5.82 Å². The van der Waals surface area contributed by atoms with Crippen LogP contribution in [0, 0.1) is 12.7 Å². The minimum atomic E-state index is -0.202. The second-order valence-electron chi connectivity index (χ2n) is 6.47. The van der Waals surface area contributed by atoms with E-state index in [-0.39, 0.29) is 11.6 Å². The van der Waals surface area contributed by atoms with Crippen molar-refractivity contribution < 1.29 is 9.18 Å². The first-order valence-electron chi connectivity index (χ1n) is 8.59. The van der Waals surface area contributed by atoms with E-state index in [1.165, 1.54) is 19.1 Å². The van der Waals surface area contributed by atoms with Crippen LogP contribution in [0.5, 0.6) is 0 Å². The molecule has 0 saturated carbocycles. The van der Waals surface area contributed by atoms with Gasteiger partial charge >= 0.3 is 0 Å². The average molecular weight is 342 g/mol. The predicted octanol–water partition coefficient (Wildman–Crippen LogP) is 2.84. The normalized spacial score (nSPS) is 15.9. The van der Waals surface area contributed by atoms with E-state index in [1.54, 1.807) is 6.20 Å². The molecule has 132 valence electrons. The molecule has 2 heterocycles. The van der Waals surface area contributed by atoms with Gasteiger partial charge in [-0.15, -0.1) is 0 Å². The monoisotopic (exact) mass is 342 g/mol. The van der Waals surface area contributed by atoms with Crippen molar-refractivity contribution in [3.63, 3.8) is 0 Å². The fraction of sp³-hybridized carbons (Fsp3) is 0.421. The topological polar surface area (TPSA) is 49.3 Å². The van der Waals surface area contributed by atoms with Crippen LogP contribution in [0.25, 0.3) is 0 Å². The first-order chi connectivity index (χ1) is 12.0. The van der Waals surface area contributed by atoms with Crippen LogP contribution in [-0.2, 0) is 6.54 Å². The van der Waals surface area contributed by atoms with Crippen molar-refractivity contribution in [3.8, 4) is 0 Å². The highest BCUT2D eigenvalue weighted by molar-refractivity contribution is 5.94. The van der Waals surface area contributed by atoms with E-state index in [1.807, 2.05) is 19.1 Å². The van der Waals surface area contributed by atoms with Crippen LogP contribution >= 0.6 is 0 Å². The lowest BCUT2D eigenvalue weighted by Crippen LogP contribution is -2.31. The molecule has 0 spiro atoms. The summed E-state index contributed by atoms with van der Waals surface area (Å²) in [5.74, 6) is 0.476. The minimum absolute atomic E-state index is 0.00890. The summed E-state index contributed by atoms with van der Waals surface area (Å²) in [6.45, 7) is 7.80. The van der Waals surface area contributed by atoms with Crippen molar-refractivity contribution >= 4 is 11.7 Å². The van der Waals surface area contributed by atoms with Crippen molar-refractivity contribution in [3.05, 3.63) is 53.1 Å². The Labute approximate surface area is 147 Å². The maximum atomic E-state index is 13.0. The summed E-state index contributed by atoms with van der Waals surface area (Å²) < 4.78 is 13.0. The zero-order valence-corrected chi connectivity index (χ0v) is 14.7.